The molecule has 76 valence electrons. The largest absolute Gasteiger partial charge is 0.330 e. The molecule has 0 aliphatic heterocycles. The van der Waals surface area contributed by atoms with Gasteiger partial charge < -0.3 is 5.73 Å². The summed E-state index contributed by atoms with van der Waals surface area (Å²) in [5.41, 5.74) is 6.93. The summed E-state index contributed by atoms with van der Waals surface area (Å²) in [6.45, 7) is 0.635. The molecule has 0 bridgehead atoms. The fourth-order valence-corrected chi connectivity index (χ4v) is 2.96. The molecule has 1 aliphatic rings. The van der Waals surface area contributed by atoms with E-state index in [0.717, 1.165) is 28.5 Å². The lowest BCUT2D eigenvalue weighted by molar-refractivity contribution is 0.253. The normalized spacial score (nSPS) is 19.1. The molecule has 1 nitrogen and oxygen atoms in total. The molecule has 0 amide bonds. The van der Waals surface area contributed by atoms with Crippen molar-refractivity contribution in [1.29, 1.82) is 0 Å². The predicted molar refractivity (Wildman–Crippen MR) is 61.0 cm³/mol. The van der Waals surface area contributed by atoms with E-state index in [9.17, 15) is 0 Å². The lowest BCUT2D eigenvalue weighted by Crippen LogP contribution is -2.42. The van der Waals surface area contributed by atoms with Crippen LogP contribution in [0.2, 0.25) is 10.0 Å². The van der Waals surface area contributed by atoms with Crippen molar-refractivity contribution < 1.29 is 0 Å². The monoisotopic (exact) mass is 229 g/mol. The Bertz CT molecular complexity index is 319. The van der Waals surface area contributed by atoms with Crippen LogP contribution in [0.4, 0.5) is 0 Å². The molecule has 0 unspecified atom stereocenters. The number of hydrogen-bond donors (Lipinski definition) is 1. The Morgan fingerprint density at radius 3 is 2.14 bits per heavy atom. The van der Waals surface area contributed by atoms with Gasteiger partial charge in [-0.05, 0) is 30.5 Å². The Kier molecular flexibility index (Phi) is 2.74. The van der Waals surface area contributed by atoms with Crippen LogP contribution in [0.5, 0.6) is 0 Å². The average Bonchev–Trinajstić information content (AvgIpc) is 2.08. The Morgan fingerprint density at radius 2 is 1.79 bits per heavy atom. The molecule has 1 aromatic rings. The first-order valence-electron chi connectivity index (χ1n) is 4.84. The lowest BCUT2D eigenvalue weighted by atomic mass is 9.64. The molecule has 0 heterocycles. The van der Waals surface area contributed by atoms with Crippen LogP contribution in [-0.4, -0.2) is 6.54 Å². The summed E-state index contributed by atoms with van der Waals surface area (Å²) in [7, 11) is 0. The Balaban J connectivity index is 2.49. The van der Waals surface area contributed by atoms with E-state index in [1.165, 1.54) is 6.42 Å². The van der Waals surface area contributed by atoms with E-state index in [0.29, 0.717) is 6.54 Å². The van der Waals surface area contributed by atoms with Crippen LogP contribution in [-0.2, 0) is 5.41 Å². The van der Waals surface area contributed by atoms with Crippen molar-refractivity contribution in [3.63, 3.8) is 0 Å². The highest BCUT2D eigenvalue weighted by Crippen LogP contribution is 2.47. The molecule has 1 aliphatic carbocycles. The highest BCUT2D eigenvalue weighted by molar-refractivity contribution is 6.36. The van der Waals surface area contributed by atoms with E-state index in [2.05, 4.69) is 0 Å². The van der Waals surface area contributed by atoms with E-state index in [-0.39, 0.29) is 5.41 Å². The van der Waals surface area contributed by atoms with E-state index >= 15 is 0 Å². The maximum absolute atomic E-state index is 6.17. The molecule has 0 spiro atoms. The third kappa shape index (κ3) is 1.44. The molecule has 2 rings (SSSR count). The van der Waals surface area contributed by atoms with Gasteiger partial charge in [-0.3, -0.25) is 0 Å². The smallest absolute Gasteiger partial charge is 0.0459 e. The number of rotatable bonds is 2. The van der Waals surface area contributed by atoms with Crippen molar-refractivity contribution in [1.82, 2.24) is 0 Å². The summed E-state index contributed by atoms with van der Waals surface area (Å²) in [6, 6.07) is 5.65. The van der Waals surface area contributed by atoms with Gasteiger partial charge in [0.05, 0.1) is 0 Å². The summed E-state index contributed by atoms with van der Waals surface area (Å²) < 4.78 is 0. The van der Waals surface area contributed by atoms with Gasteiger partial charge in [-0.15, -0.1) is 0 Å². The van der Waals surface area contributed by atoms with Crippen molar-refractivity contribution in [3.8, 4) is 0 Å². The van der Waals surface area contributed by atoms with E-state index in [4.69, 9.17) is 28.9 Å². The van der Waals surface area contributed by atoms with Gasteiger partial charge in [-0.1, -0.05) is 35.7 Å². The van der Waals surface area contributed by atoms with Gasteiger partial charge in [0, 0.05) is 22.0 Å². The van der Waals surface area contributed by atoms with Crippen molar-refractivity contribution in [2.45, 2.75) is 24.7 Å². The third-order valence-corrected chi connectivity index (χ3v) is 3.82. The molecular formula is C11H13Cl2N. The minimum Gasteiger partial charge on any atom is -0.330 e. The van der Waals surface area contributed by atoms with Gasteiger partial charge in [0.25, 0.3) is 0 Å². The van der Waals surface area contributed by atoms with Crippen molar-refractivity contribution >= 4 is 23.2 Å². The molecule has 1 fully saturated rings. The SMILES string of the molecule is NCC1(c2c(Cl)cccc2Cl)CCC1. The standard InChI is InChI=1S/C11H13Cl2N/c12-8-3-1-4-9(13)10(8)11(7-14)5-2-6-11/h1,3-4H,2,5-7,14H2. The number of benzene rings is 1. The quantitative estimate of drug-likeness (QED) is 0.828. The zero-order chi connectivity index (χ0) is 10.2. The third-order valence-electron chi connectivity index (χ3n) is 3.19. The van der Waals surface area contributed by atoms with Gasteiger partial charge in [0.1, 0.15) is 0 Å². The number of halogens is 2. The molecule has 1 saturated carbocycles. The fraction of sp³-hybridized carbons (Fsp3) is 0.455. The lowest BCUT2D eigenvalue weighted by Gasteiger charge is -2.42. The second kappa shape index (κ2) is 3.73. The van der Waals surface area contributed by atoms with Crippen molar-refractivity contribution in [2.75, 3.05) is 6.54 Å². The Hall–Kier alpha value is -0.240. The molecular weight excluding hydrogens is 217 g/mol. The summed E-state index contributed by atoms with van der Waals surface area (Å²) in [5.74, 6) is 0. The number of nitrogens with two attached hydrogens (primary N) is 1. The van der Waals surface area contributed by atoms with Crippen LogP contribution in [0.3, 0.4) is 0 Å². The minimum atomic E-state index is 0.0510. The maximum atomic E-state index is 6.17. The van der Waals surface area contributed by atoms with Crippen LogP contribution in [0.25, 0.3) is 0 Å². The van der Waals surface area contributed by atoms with Gasteiger partial charge in [-0.2, -0.15) is 0 Å². The van der Waals surface area contributed by atoms with Gasteiger partial charge in [0.2, 0.25) is 0 Å². The minimum absolute atomic E-state index is 0.0510. The number of hydrogen-bond acceptors (Lipinski definition) is 1. The summed E-state index contributed by atoms with van der Waals surface area (Å²) in [6.07, 6.45) is 3.43. The first kappa shape index (κ1) is 10.3. The summed E-state index contributed by atoms with van der Waals surface area (Å²) in [4.78, 5) is 0. The Morgan fingerprint density at radius 1 is 1.21 bits per heavy atom. The first-order chi connectivity index (χ1) is 6.69. The molecule has 0 aromatic heterocycles. The molecule has 1 aromatic carbocycles. The zero-order valence-corrected chi connectivity index (χ0v) is 9.41. The van der Waals surface area contributed by atoms with Crippen molar-refractivity contribution in [3.05, 3.63) is 33.8 Å². The highest BCUT2D eigenvalue weighted by atomic mass is 35.5. The topological polar surface area (TPSA) is 26.0 Å². The molecule has 0 radical (unpaired) electrons. The van der Waals surface area contributed by atoms with Crippen LogP contribution in [0.15, 0.2) is 18.2 Å². The van der Waals surface area contributed by atoms with E-state index in [1.807, 2.05) is 18.2 Å². The molecule has 0 saturated heterocycles. The van der Waals surface area contributed by atoms with Crippen LogP contribution < -0.4 is 5.73 Å². The second-order valence-corrected chi connectivity index (χ2v) is 4.75. The average molecular weight is 230 g/mol. The van der Waals surface area contributed by atoms with Gasteiger partial charge >= 0.3 is 0 Å². The molecule has 0 atom stereocenters. The van der Waals surface area contributed by atoms with Crippen LogP contribution in [0.1, 0.15) is 24.8 Å². The van der Waals surface area contributed by atoms with Crippen LogP contribution in [0, 0.1) is 0 Å². The molecule has 3 heteroatoms. The summed E-state index contributed by atoms with van der Waals surface area (Å²) in [5, 5.41) is 1.50. The Labute approximate surface area is 94.2 Å². The maximum Gasteiger partial charge on any atom is 0.0459 e. The molecule has 14 heavy (non-hydrogen) atoms. The van der Waals surface area contributed by atoms with Crippen LogP contribution >= 0.6 is 23.2 Å². The van der Waals surface area contributed by atoms with E-state index in [1.54, 1.807) is 0 Å². The fourth-order valence-electron chi connectivity index (χ4n) is 2.16. The highest BCUT2D eigenvalue weighted by Gasteiger charge is 2.40. The first-order valence-corrected chi connectivity index (χ1v) is 5.60. The van der Waals surface area contributed by atoms with Crippen molar-refractivity contribution in [2.24, 2.45) is 5.73 Å². The van der Waals surface area contributed by atoms with Gasteiger partial charge in [0.15, 0.2) is 0 Å². The summed E-state index contributed by atoms with van der Waals surface area (Å²) >= 11 is 12.3. The zero-order valence-electron chi connectivity index (χ0n) is 7.89. The van der Waals surface area contributed by atoms with Gasteiger partial charge in [-0.25, -0.2) is 0 Å². The second-order valence-electron chi connectivity index (χ2n) is 3.93. The van der Waals surface area contributed by atoms with E-state index < -0.39 is 0 Å². The predicted octanol–water partition coefficient (Wildman–Crippen LogP) is 3.37. The molecule has 2 N–H and O–H groups in total.